The molecule has 0 radical (unpaired) electrons. The van der Waals surface area contributed by atoms with Crippen LogP contribution in [0.25, 0.3) is 5.69 Å². The Kier molecular flexibility index (Phi) is 3.32. The van der Waals surface area contributed by atoms with Crippen LogP contribution < -0.4 is 5.73 Å². The van der Waals surface area contributed by atoms with E-state index in [-0.39, 0.29) is 5.97 Å². The van der Waals surface area contributed by atoms with Crippen molar-refractivity contribution in [2.24, 2.45) is 0 Å². The van der Waals surface area contributed by atoms with Gasteiger partial charge in [-0.15, -0.1) is 0 Å². The van der Waals surface area contributed by atoms with Crippen molar-refractivity contribution in [1.82, 2.24) is 9.55 Å². The highest BCUT2D eigenvalue weighted by molar-refractivity contribution is 5.91. The van der Waals surface area contributed by atoms with E-state index in [1.54, 1.807) is 37.5 Å². The summed E-state index contributed by atoms with van der Waals surface area (Å²) in [6, 6.07) is 5.06. The van der Waals surface area contributed by atoms with Gasteiger partial charge in [-0.05, 0) is 32.0 Å². The lowest BCUT2D eigenvalue weighted by atomic mass is 10.1. The minimum Gasteiger partial charge on any atom is -0.462 e. The van der Waals surface area contributed by atoms with Gasteiger partial charge in [0, 0.05) is 12.4 Å². The van der Waals surface area contributed by atoms with Crippen LogP contribution in [0.15, 0.2) is 30.6 Å². The highest BCUT2D eigenvalue weighted by Gasteiger charge is 2.11. The quantitative estimate of drug-likeness (QED) is 0.662. The Morgan fingerprint density at radius 3 is 2.89 bits per heavy atom. The van der Waals surface area contributed by atoms with Gasteiger partial charge in [0.15, 0.2) is 0 Å². The fourth-order valence-corrected chi connectivity index (χ4v) is 1.73. The molecule has 5 heteroatoms. The van der Waals surface area contributed by atoms with Crippen LogP contribution >= 0.6 is 0 Å². The largest absolute Gasteiger partial charge is 0.462 e. The summed E-state index contributed by atoms with van der Waals surface area (Å²) in [7, 11) is 0. The maximum atomic E-state index is 11.7. The minimum atomic E-state index is -0.350. The molecule has 0 saturated heterocycles. The van der Waals surface area contributed by atoms with Gasteiger partial charge in [0.1, 0.15) is 5.82 Å². The summed E-state index contributed by atoms with van der Waals surface area (Å²) in [5, 5.41) is 0. The Morgan fingerprint density at radius 2 is 2.28 bits per heavy atom. The van der Waals surface area contributed by atoms with Crippen LogP contribution in [0.4, 0.5) is 5.69 Å². The molecule has 0 aliphatic heterocycles. The summed E-state index contributed by atoms with van der Waals surface area (Å²) in [5.41, 5.74) is 7.72. The second-order valence-electron chi connectivity index (χ2n) is 3.84. The van der Waals surface area contributed by atoms with Gasteiger partial charge < -0.3 is 15.0 Å². The number of nitrogen functional groups attached to an aromatic ring is 1. The summed E-state index contributed by atoms with van der Waals surface area (Å²) >= 11 is 0. The van der Waals surface area contributed by atoms with E-state index in [4.69, 9.17) is 10.5 Å². The standard InChI is InChI=1S/C13H15N3O2/c1-3-18-13(17)10-4-5-11(14)12(8-10)16-7-6-15-9(16)2/h4-8H,3,14H2,1-2H3. The van der Waals surface area contributed by atoms with Crippen molar-refractivity contribution in [3.63, 3.8) is 0 Å². The lowest BCUT2D eigenvalue weighted by Gasteiger charge is -2.10. The molecule has 2 aromatic rings. The molecule has 0 fully saturated rings. The van der Waals surface area contributed by atoms with Gasteiger partial charge in [-0.3, -0.25) is 0 Å². The fraction of sp³-hybridized carbons (Fsp3) is 0.231. The number of anilines is 1. The molecule has 1 heterocycles. The van der Waals surface area contributed by atoms with E-state index in [1.807, 2.05) is 11.5 Å². The third-order valence-electron chi connectivity index (χ3n) is 2.63. The second-order valence-corrected chi connectivity index (χ2v) is 3.84. The average molecular weight is 245 g/mol. The van der Waals surface area contributed by atoms with Crippen molar-refractivity contribution in [3.05, 3.63) is 42.0 Å². The van der Waals surface area contributed by atoms with Gasteiger partial charge in [-0.25, -0.2) is 9.78 Å². The van der Waals surface area contributed by atoms with Crippen molar-refractivity contribution in [2.75, 3.05) is 12.3 Å². The second kappa shape index (κ2) is 4.91. The number of imidazole rings is 1. The molecule has 0 aliphatic carbocycles. The van der Waals surface area contributed by atoms with E-state index in [1.165, 1.54) is 0 Å². The van der Waals surface area contributed by atoms with E-state index in [0.29, 0.717) is 17.9 Å². The summed E-state index contributed by atoms with van der Waals surface area (Å²) in [5.74, 6) is 0.458. The molecule has 0 aliphatic rings. The first-order valence-corrected chi connectivity index (χ1v) is 5.70. The molecule has 2 rings (SSSR count). The normalized spacial score (nSPS) is 10.3. The number of nitrogens with zero attached hydrogens (tertiary/aromatic N) is 2. The van der Waals surface area contributed by atoms with Gasteiger partial charge in [0.2, 0.25) is 0 Å². The van der Waals surface area contributed by atoms with E-state index in [9.17, 15) is 4.79 Å². The smallest absolute Gasteiger partial charge is 0.338 e. The number of nitrogens with two attached hydrogens (primary N) is 1. The van der Waals surface area contributed by atoms with E-state index < -0.39 is 0 Å². The molecule has 0 spiro atoms. The molecule has 94 valence electrons. The zero-order chi connectivity index (χ0) is 13.1. The van der Waals surface area contributed by atoms with Crippen molar-refractivity contribution in [1.29, 1.82) is 0 Å². The van der Waals surface area contributed by atoms with Crippen molar-refractivity contribution in [3.8, 4) is 5.69 Å². The zero-order valence-corrected chi connectivity index (χ0v) is 10.4. The Labute approximate surface area is 105 Å². The Balaban J connectivity index is 2.45. The number of carbonyl (C=O) groups is 1. The lowest BCUT2D eigenvalue weighted by molar-refractivity contribution is 0.0526. The molecule has 0 saturated carbocycles. The summed E-state index contributed by atoms with van der Waals surface area (Å²) in [6.07, 6.45) is 3.49. The number of rotatable bonds is 3. The maximum absolute atomic E-state index is 11.7. The Hall–Kier alpha value is -2.30. The van der Waals surface area contributed by atoms with Gasteiger partial charge in [-0.1, -0.05) is 0 Å². The summed E-state index contributed by atoms with van der Waals surface area (Å²) in [6.45, 7) is 4.00. The highest BCUT2D eigenvalue weighted by Crippen LogP contribution is 2.20. The first-order chi connectivity index (χ1) is 8.63. The summed E-state index contributed by atoms with van der Waals surface area (Å²) < 4.78 is 6.80. The monoisotopic (exact) mass is 245 g/mol. The Morgan fingerprint density at radius 1 is 1.50 bits per heavy atom. The van der Waals surface area contributed by atoms with Crippen LogP contribution in [0.3, 0.4) is 0 Å². The molecule has 0 unspecified atom stereocenters. The predicted molar refractivity (Wildman–Crippen MR) is 68.7 cm³/mol. The number of esters is 1. The van der Waals surface area contributed by atoms with Gasteiger partial charge in [-0.2, -0.15) is 0 Å². The minimum absolute atomic E-state index is 0.350. The lowest BCUT2D eigenvalue weighted by Crippen LogP contribution is -2.07. The van der Waals surface area contributed by atoms with Crippen LogP contribution in [0.5, 0.6) is 0 Å². The van der Waals surface area contributed by atoms with E-state index in [0.717, 1.165) is 11.5 Å². The third-order valence-corrected chi connectivity index (χ3v) is 2.63. The number of aryl methyl sites for hydroxylation is 1. The van der Waals surface area contributed by atoms with Gasteiger partial charge in [0.05, 0.1) is 23.5 Å². The van der Waals surface area contributed by atoms with E-state index in [2.05, 4.69) is 4.98 Å². The number of carbonyl (C=O) groups excluding carboxylic acids is 1. The molecule has 0 bridgehead atoms. The van der Waals surface area contributed by atoms with Gasteiger partial charge >= 0.3 is 5.97 Å². The van der Waals surface area contributed by atoms with Crippen molar-refractivity contribution >= 4 is 11.7 Å². The number of hydrogen-bond acceptors (Lipinski definition) is 4. The molecule has 1 aromatic carbocycles. The molecular formula is C13H15N3O2. The molecule has 5 nitrogen and oxygen atoms in total. The molecule has 18 heavy (non-hydrogen) atoms. The first-order valence-electron chi connectivity index (χ1n) is 5.70. The van der Waals surface area contributed by atoms with Crippen LogP contribution in [0.1, 0.15) is 23.1 Å². The van der Waals surface area contributed by atoms with Crippen LogP contribution in [0.2, 0.25) is 0 Å². The topological polar surface area (TPSA) is 70.1 Å². The highest BCUT2D eigenvalue weighted by atomic mass is 16.5. The third kappa shape index (κ3) is 2.20. The Bertz CT molecular complexity index is 575. The number of hydrogen-bond donors (Lipinski definition) is 1. The van der Waals surface area contributed by atoms with E-state index >= 15 is 0 Å². The number of ether oxygens (including phenoxy) is 1. The number of benzene rings is 1. The first kappa shape index (κ1) is 12.2. The molecule has 0 atom stereocenters. The SMILES string of the molecule is CCOC(=O)c1ccc(N)c(-n2ccnc2C)c1. The van der Waals surface area contributed by atoms with Crippen LogP contribution in [0, 0.1) is 6.92 Å². The number of aromatic nitrogens is 2. The van der Waals surface area contributed by atoms with Crippen LogP contribution in [-0.2, 0) is 4.74 Å². The van der Waals surface area contributed by atoms with Crippen molar-refractivity contribution in [2.45, 2.75) is 13.8 Å². The van der Waals surface area contributed by atoms with Crippen molar-refractivity contribution < 1.29 is 9.53 Å². The average Bonchev–Trinajstić information content (AvgIpc) is 2.76. The molecule has 2 N–H and O–H groups in total. The fourth-order valence-electron chi connectivity index (χ4n) is 1.73. The summed E-state index contributed by atoms with van der Waals surface area (Å²) in [4.78, 5) is 15.8. The molecule has 1 aromatic heterocycles. The van der Waals surface area contributed by atoms with Gasteiger partial charge in [0.25, 0.3) is 0 Å². The van der Waals surface area contributed by atoms with Crippen LogP contribution in [-0.4, -0.2) is 22.1 Å². The predicted octanol–water partition coefficient (Wildman–Crippen LogP) is 1.94. The molecule has 0 amide bonds. The zero-order valence-electron chi connectivity index (χ0n) is 10.4. The molecular weight excluding hydrogens is 230 g/mol. The maximum Gasteiger partial charge on any atom is 0.338 e.